The van der Waals surface area contributed by atoms with Crippen LogP contribution in [0, 0.1) is 0 Å². The van der Waals surface area contributed by atoms with Gasteiger partial charge in [0.2, 0.25) is 0 Å². The van der Waals surface area contributed by atoms with Gasteiger partial charge in [0.1, 0.15) is 0 Å². The molecule has 13 heavy (non-hydrogen) atoms. The molecule has 1 aromatic heterocycles. The number of nitrogens with one attached hydrogen (secondary N) is 1. The minimum Gasteiger partial charge on any atom is -0.452 e. The van der Waals surface area contributed by atoms with E-state index in [-0.39, 0.29) is 0 Å². The average Bonchev–Trinajstić information content (AvgIpc) is 2.51. The molecule has 0 spiro atoms. The molecule has 0 aliphatic rings. The van der Waals surface area contributed by atoms with Crippen LogP contribution < -0.4 is 5.43 Å². The molecule has 1 rings (SSSR count). The number of halogens is 1. The van der Waals surface area contributed by atoms with E-state index in [4.69, 9.17) is 11.6 Å². The molecule has 0 aliphatic heterocycles. The molecule has 1 heterocycles. The number of carbonyl (C=O) groups is 1. The van der Waals surface area contributed by atoms with E-state index in [0.29, 0.717) is 4.34 Å². The highest BCUT2D eigenvalue weighted by atomic mass is 35.5. The minimum atomic E-state index is -0.598. The summed E-state index contributed by atoms with van der Waals surface area (Å²) in [6, 6.07) is 3.56. The van der Waals surface area contributed by atoms with Gasteiger partial charge in [-0.1, -0.05) is 11.6 Å². The predicted octanol–water partition coefficient (Wildman–Crippen LogP) is 2.09. The zero-order chi connectivity index (χ0) is 9.68. The molecule has 4 nitrogen and oxygen atoms in total. The minimum absolute atomic E-state index is 0.598. The Kier molecular flexibility index (Phi) is 3.72. The summed E-state index contributed by atoms with van der Waals surface area (Å²) < 4.78 is 4.99. The summed E-state index contributed by atoms with van der Waals surface area (Å²) >= 11 is 7.04. The second-order valence-electron chi connectivity index (χ2n) is 2.00. The highest BCUT2D eigenvalue weighted by Gasteiger charge is 1.95. The van der Waals surface area contributed by atoms with Crippen molar-refractivity contribution in [2.24, 2.45) is 5.10 Å². The fourth-order valence-corrected chi connectivity index (χ4v) is 1.52. The third-order valence-corrected chi connectivity index (χ3v) is 2.29. The number of thiophene rings is 1. The highest BCUT2D eigenvalue weighted by Crippen LogP contribution is 2.19. The number of ether oxygens (including phenoxy) is 1. The number of methoxy groups -OCH3 is 1. The summed E-state index contributed by atoms with van der Waals surface area (Å²) in [7, 11) is 1.27. The number of hydrogen-bond acceptors (Lipinski definition) is 4. The van der Waals surface area contributed by atoms with Gasteiger partial charge in [0, 0.05) is 4.88 Å². The van der Waals surface area contributed by atoms with E-state index < -0.39 is 6.09 Å². The van der Waals surface area contributed by atoms with Gasteiger partial charge in [-0.25, -0.2) is 10.2 Å². The summed E-state index contributed by atoms with van der Waals surface area (Å²) in [5, 5.41) is 3.63. The first kappa shape index (κ1) is 10.0. The summed E-state index contributed by atoms with van der Waals surface area (Å²) in [5.41, 5.74) is 2.16. The normalized spacial score (nSPS) is 10.3. The summed E-state index contributed by atoms with van der Waals surface area (Å²) in [5.74, 6) is 0. The van der Waals surface area contributed by atoms with E-state index in [1.165, 1.54) is 24.7 Å². The van der Waals surface area contributed by atoms with Gasteiger partial charge >= 0.3 is 6.09 Å². The molecule has 70 valence electrons. The van der Waals surface area contributed by atoms with Crippen LogP contribution in [0.1, 0.15) is 4.88 Å². The molecular weight excluding hydrogens is 212 g/mol. The lowest BCUT2D eigenvalue weighted by Gasteiger charge is -1.93. The number of hydrazone groups is 1. The van der Waals surface area contributed by atoms with Crippen LogP contribution >= 0.6 is 22.9 Å². The zero-order valence-corrected chi connectivity index (χ0v) is 8.35. The van der Waals surface area contributed by atoms with Gasteiger partial charge in [0.15, 0.2) is 0 Å². The Bertz CT molecular complexity index is 324. The molecular formula is C7H7ClN2O2S. The van der Waals surface area contributed by atoms with E-state index in [1.54, 1.807) is 12.1 Å². The van der Waals surface area contributed by atoms with Crippen LogP contribution in [0.5, 0.6) is 0 Å². The van der Waals surface area contributed by atoms with E-state index >= 15 is 0 Å². The van der Waals surface area contributed by atoms with Crippen LogP contribution in [0.3, 0.4) is 0 Å². The van der Waals surface area contributed by atoms with Crippen LogP contribution in [-0.2, 0) is 4.74 Å². The van der Waals surface area contributed by atoms with Crippen molar-refractivity contribution >= 4 is 35.2 Å². The van der Waals surface area contributed by atoms with Gasteiger partial charge in [0.25, 0.3) is 0 Å². The lowest BCUT2D eigenvalue weighted by atomic mass is 10.5. The van der Waals surface area contributed by atoms with Crippen molar-refractivity contribution < 1.29 is 9.53 Å². The smallest absolute Gasteiger partial charge is 0.427 e. The third kappa shape index (κ3) is 3.43. The topological polar surface area (TPSA) is 50.7 Å². The number of amides is 1. The van der Waals surface area contributed by atoms with Gasteiger partial charge in [-0.05, 0) is 12.1 Å². The van der Waals surface area contributed by atoms with E-state index in [0.717, 1.165) is 4.88 Å². The second-order valence-corrected chi connectivity index (χ2v) is 3.75. The molecule has 0 bridgehead atoms. The fraction of sp³-hybridized carbons (Fsp3) is 0.143. The molecule has 0 saturated carbocycles. The van der Waals surface area contributed by atoms with Crippen molar-refractivity contribution in [3.05, 3.63) is 21.3 Å². The van der Waals surface area contributed by atoms with Crippen molar-refractivity contribution in [2.75, 3.05) is 7.11 Å². The molecule has 0 saturated heterocycles. The fourth-order valence-electron chi connectivity index (χ4n) is 0.592. The molecule has 0 aromatic carbocycles. The van der Waals surface area contributed by atoms with Crippen LogP contribution in [0.25, 0.3) is 0 Å². The first-order chi connectivity index (χ1) is 6.22. The van der Waals surface area contributed by atoms with E-state index in [2.05, 4.69) is 15.3 Å². The molecule has 1 N–H and O–H groups in total. The van der Waals surface area contributed by atoms with Gasteiger partial charge in [0.05, 0.1) is 17.7 Å². The molecule has 0 fully saturated rings. The standard InChI is InChI=1S/C7H7ClN2O2S/c1-12-7(11)10-9-4-5-2-3-6(8)13-5/h2-4H,1H3,(H,10,11). The monoisotopic (exact) mass is 218 g/mol. The summed E-state index contributed by atoms with van der Waals surface area (Å²) in [6.45, 7) is 0. The predicted molar refractivity (Wildman–Crippen MR) is 52.5 cm³/mol. The highest BCUT2D eigenvalue weighted by molar-refractivity contribution is 7.17. The van der Waals surface area contributed by atoms with Gasteiger partial charge in [-0.15, -0.1) is 11.3 Å². The quantitative estimate of drug-likeness (QED) is 0.611. The Morgan fingerprint density at radius 2 is 2.54 bits per heavy atom. The SMILES string of the molecule is COC(=O)NN=Cc1ccc(Cl)s1. The molecule has 0 unspecified atom stereocenters. The largest absolute Gasteiger partial charge is 0.452 e. The van der Waals surface area contributed by atoms with Gasteiger partial charge in [-0.2, -0.15) is 5.10 Å². The van der Waals surface area contributed by atoms with Crippen molar-refractivity contribution in [3.63, 3.8) is 0 Å². The summed E-state index contributed by atoms with van der Waals surface area (Å²) in [6.07, 6.45) is 0.895. The number of nitrogens with zero attached hydrogens (tertiary/aromatic N) is 1. The molecule has 6 heteroatoms. The first-order valence-corrected chi connectivity index (χ1v) is 4.54. The average molecular weight is 219 g/mol. The second kappa shape index (κ2) is 4.84. The molecule has 1 aromatic rings. The van der Waals surface area contributed by atoms with Crippen LogP contribution in [0.2, 0.25) is 4.34 Å². The maximum absolute atomic E-state index is 10.5. The Morgan fingerprint density at radius 3 is 3.08 bits per heavy atom. The van der Waals surface area contributed by atoms with Crippen molar-refractivity contribution in [1.29, 1.82) is 0 Å². The maximum Gasteiger partial charge on any atom is 0.427 e. The Morgan fingerprint density at radius 1 is 1.77 bits per heavy atom. The number of carbonyl (C=O) groups excluding carboxylic acids is 1. The van der Waals surface area contributed by atoms with Crippen molar-refractivity contribution in [1.82, 2.24) is 5.43 Å². The van der Waals surface area contributed by atoms with E-state index in [1.807, 2.05) is 0 Å². The first-order valence-electron chi connectivity index (χ1n) is 3.34. The molecule has 0 atom stereocenters. The van der Waals surface area contributed by atoms with Crippen molar-refractivity contribution in [2.45, 2.75) is 0 Å². The van der Waals surface area contributed by atoms with Gasteiger partial charge in [-0.3, -0.25) is 0 Å². The maximum atomic E-state index is 10.5. The van der Waals surface area contributed by atoms with Crippen LogP contribution in [0.4, 0.5) is 4.79 Å². The van der Waals surface area contributed by atoms with Crippen LogP contribution in [0.15, 0.2) is 17.2 Å². The molecule has 0 aliphatic carbocycles. The van der Waals surface area contributed by atoms with Gasteiger partial charge < -0.3 is 4.74 Å². The lowest BCUT2D eigenvalue weighted by molar-refractivity contribution is 0.171. The Labute approximate surface area is 84.2 Å². The third-order valence-electron chi connectivity index (χ3n) is 1.13. The van der Waals surface area contributed by atoms with Crippen LogP contribution in [-0.4, -0.2) is 19.4 Å². The molecule has 0 radical (unpaired) electrons. The van der Waals surface area contributed by atoms with E-state index in [9.17, 15) is 4.79 Å². The summed E-state index contributed by atoms with van der Waals surface area (Å²) in [4.78, 5) is 11.4. The number of rotatable bonds is 2. The Hall–Kier alpha value is -1.07. The molecule has 1 amide bonds. The van der Waals surface area contributed by atoms with Crippen molar-refractivity contribution in [3.8, 4) is 0 Å². The lowest BCUT2D eigenvalue weighted by Crippen LogP contribution is -2.16. The number of hydrogen-bond donors (Lipinski definition) is 1. The zero-order valence-electron chi connectivity index (χ0n) is 6.78. The Balaban J connectivity index is 2.45.